The molecule has 0 spiro atoms. The number of nitrogens with two attached hydrogens (primary N) is 1. The molecule has 82 valence electrons. The molecule has 0 aromatic heterocycles. The number of rotatable bonds is 2. The van der Waals surface area contributed by atoms with Gasteiger partial charge in [0.05, 0.1) is 0 Å². The molecule has 0 amide bonds. The van der Waals surface area contributed by atoms with Gasteiger partial charge in [0.1, 0.15) is 11.6 Å². The van der Waals surface area contributed by atoms with Crippen LogP contribution in [0.5, 0.6) is 0 Å². The topological polar surface area (TPSA) is 26.0 Å². The van der Waals surface area contributed by atoms with E-state index < -0.39 is 17.0 Å². The molecule has 1 aromatic carbocycles. The van der Waals surface area contributed by atoms with Crippen LogP contribution >= 0.6 is 0 Å². The first-order valence-electron chi connectivity index (χ1n) is 5.11. The van der Waals surface area contributed by atoms with Gasteiger partial charge in [-0.25, -0.2) is 8.78 Å². The molecule has 15 heavy (non-hydrogen) atoms. The number of halogens is 2. The molecule has 1 aliphatic carbocycles. The van der Waals surface area contributed by atoms with E-state index in [2.05, 4.69) is 0 Å². The molecule has 1 fully saturated rings. The molecule has 0 bridgehead atoms. The van der Waals surface area contributed by atoms with Crippen LogP contribution in [0, 0.1) is 11.6 Å². The Balaban J connectivity index is 2.45. The van der Waals surface area contributed by atoms with Crippen LogP contribution in [0.25, 0.3) is 0 Å². The van der Waals surface area contributed by atoms with Crippen LogP contribution in [0.4, 0.5) is 8.78 Å². The van der Waals surface area contributed by atoms with E-state index in [1.54, 1.807) is 0 Å². The Bertz CT molecular complexity index is 395. The molecular weight excluding hydrogens is 196 g/mol. The molecular formula is C12H15F2N. The van der Waals surface area contributed by atoms with Crippen LogP contribution in [0.1, 0.15) is 32.3 Å². The highest BCUT2D eigenvalue weighted by Gasteiger charge is 2.52. The van der Waals surface area contributed by atoms with Gasteiger partial charge in [-0.15, -0.1) is 0 Å². The highest BCUT2D eigenvalue weighted by atomic mass is 19.1. The summed E-state index contributed by atoms with van der Waals surface area (Å²) in [4.78, 5) is 0. The minimum absolute atomic E-state index is 0.328. The van der Waals surface area contributed by atoms with Crippen molar-refractivity contribution in [2.75, 3.05) is 0 Å². The zero-order chi connectivity index (χ0) is 11.3. The Labute approximate surface area is 88.3 Å². The molecule has 3 heteroatoms. The summed E-state index contributed by atoms with van der Waals surface area (Å²) >= 11 is 0. The Kier molecular flexibility index (Phi) is 2.12. The summed E-state index contributed by atoms with van der Waals surface area (Å²) in [7, 11) is 0. The fraction of sp³-hybridized carbons (Fsp3) is 0.500. The van der Waals surface area contributed by atoms with Gasteiger partial charge in [-0.05, 0) is 24.5 Å². The third-order valence-corrected chi connectivity index (χ3v) is 3.64. The lowest BCUT2D eigenvalue weighted by Crippen LogP contribution is -2.43. The zero-order valence-electron chi connectivity index (χ0n) is 8.98. The maximum Gasteiger partial charge on any atom is 0.129 e. The van der Waals surface area contributed by atoms with E-state index in [1.807, 2.05) is 13.8 Å². The van der Waals surface area contributed by atoms with Crippen molar-refractivity contribution in [1.82, 2.24) is 0 Å². The molecule has 0 atom stereocenters. The third-order valence-electron chi connectivity index (χ3n) is 3.64. The molecule has 1 aromatic rings. The van der Waals surface area contributed by atoms with Crippen LogP contribution in [0.3, 0.4) is 0 Å². The minimum Gasteiger partial charge on any atom is -0.324 e. The summed E-state index contributed by atoms with van der Waals surface area (Å²) in [6.07, 6.45) is 1.80. The number of hydrogen-bond acceptors (Lipinski definition) is 1. The lowest BCUT2D eigenvalue weighted by molar-refractivity contribution is 0.373. The molecule has 0 aliphatic heterocycles. The fourth-order valence-corrected chi connectivity index (χ4v) is 2.02. The van der Waals surface area contributed by atoms with E-state index in [1.165, 1.54) is 12.1 Å². The molecule has 0 heterocycles. The molecule has 0 radical (unpaired) electrons. The van der Waals surface area contributed by atoms with Gasteiger partial charge in [0, 0.05) is 17.0 Å². The Morgan fingerprint density at radius 1 is 1.27 bits per heavy atom. The third kappa shape index (κ3) is 1.55. The first-order chi connectivity index (χ1) is 6.87. The summed E-state index contributed by atoms with van der Waals surface area (Å²) in [6, 6.07) is 3.70. The summed E-state index contributed by atoms with van der Waals surface area (Å²) in [5, 5.41) is 0. The number of hydrogen-bond donors (Lipinski definition) is 1. The second kappa shape index (κ2) is 3.01. The average molecular weight is 211 g/mol. The van der Waals surface area contributed by atoms with E-state index in [0.717, 1.165) is 18.9 Å². The lowest BCUT2D eigenvalue weighted by Gasteiger charge is -2.32. The Morgan fingerprint density at radius 3 is 2.33 bits per heavy atom. The zero-order valence-corrected chi connectivity index (χ0v) is 8.98. The van der Waals surface area contributed by atoms with Gasteiger partial charge in [-0.1, -0.05) is 19.9 Å². The van der Waals surface area contributed by atoms with Crippen LogP contribution < -0.4 is 5.73 Å². The van der Waals surface area contributed by atoms with Crippen molar-refractivity contribution in [3.05, 3.63) is 35.4 Å². The maximum atomic E-state index is 13.6. The second-order valence-corrected chi connectivity index (χ2v) is 4.91. The van der Waals surface area contributed by atoms with Crippen LogP contribution in [-0.2, 0) is 5.41 Å². The standard InChI is InChI=1S/C12H15F2N/c1-11(2,12(15)5-6-12)9-4-3-8(13)7-10(9)14/h3-4,7H,5-6,15H2,1-2H3. The van der Waals surface area contributed by atoms with E-state index >= 15 is 0 Å². The first kappa shape index (κ1) is 10.6. The van der Waals surface area contributed by atoms with Gasteiger partial charge in [0.25, 0.3) is 0 Å². The predicted octanol–water partition coefficient (Wildman–Crippen LogP) is 2.73. The Morgan fingerprint density at radius 2 is 1.87 bits per heavy atom. The molecule has 2 N–H and O–H groups in total. The summed E-state index contributed by atoms with van der Waals surface area (Å²) in [6.45, 7) is 3.83. The molecule has 0 saturated heterocycles. The molecule has 1 aliphatic rings. The summed E-state index contributed by atoms with van der Waals surface area (Å²) in [5.41, 5.74) is 5.84. The lowest BCUT2D eigenvalue weighted by atomic mass is 9.76. The number of benzene rings is 1. The smallest absolute Gasteiger partial charge is 0.129 e. The molecule has 0 unspecified atom stereocenters. The van der Waals surface area contributed by atoms with Gasteiger partial charge < -0.3 is 5.73 Å². The van der Waals surface area contributed by atoms with Crippen molar-refractivity contribution in [2.24, 2.45) is 5.73 Å². The van der Waals surface area contributed by atoms with Crippen molar-refractivity contribution in [3.63, 3.8) is 0 Å². The quantitative estimate of drug-likeness (QED) is 0.799. The molecule has 2 rings (SSSR count). The second-order valence-electron chi connectivity index (χ2n) is 4.91. The minimum atomic E-state index is -0.547. The summed E-state index contributed by atoms with van der Waals surface area (Å²) in [5.74, 6) is -1.05. The van der Waals surface area contributed by atoms with Gasteiger partial charge in [-0.3, -0.25) is 0 Å². The van der Waals surface area contributed by atoms with Crippen LogP contribution in [0.2, 0.25) is 0 Å². The highest BCUT2D eigenvalue weighted by Crippen LogP contribution is 2.49. The predicted molar refractivity (Wildman–Crippen MR) is 55.5 cm³/mol. The summed E-state index contributed by atoms with van der Waals surface area (Å²) < 4.78 is 26.4. The first-order valence-corrected chi connectivity index (χ1v) is 5.11. The van der Waals surface area contributed by atoms with Crippen molar-refractivity contribution in [1.29, 1.82) is 0 Å². The monoisotopic (exact) mass is 211 g/mol. The van der Waals surface area contributed by atoms with Crippen LogP contribution in [0.15, 0.2) is 18.2 Å². The normalized spacial score (nSPS) is 19.0. The molecule has 1 saturated carbocycles. The van der Waals surface area contributed by atoms with Crippen molar-refractivity contribution >= 4 is 0 Å². The van der Waals surface area contributed by atoms with Crippen LogP contribution in [-0.4, -0.2) is 5.54 Å². The SMILES string of the molecule is CC(C)(c1ccc(F)cc1F)C1(N)CC1. The van der Waals surface area contributed by atoms with E-state index in [0.29, 0.717) is 5.56 Å². The van der Waals surface area contributed by atoms with Gasteiger partial charge in [0.2, 0.25) is 0 Å². The van der Waals surface area contributed by atoms with E-state index in [4.69, 9.17) is 5.73 Å². The van der Waals surface area contributed by atoms with Crippen molar-refractivity contribution in [3.8, 4) is 0 Å². The van der Waals surface area contributed by atoms with E-state index in [9.17, 15) is 8.78 Å². The highest BCUT2D eigenvalue weighted by molar-refractivity contribution is 5.33. The van der Waals surface area contributed by atoms with Gasteiger partial charge in [0.15, 0.2) is 0 Å². The van der Waals surface area contributed by atoms with Gasteiger partial charge in [-0.2, -0.15) is 0 Å². The largest absolute Gasteiger partial charge is 0.324 e. The van der Waals surface area contributed by atoms with Gasteiger partial charge >= 0.3 is 0 Å². The molecule has 1 nitrogen and oxygen atoms in total. The maximum absolute atomic E-state index is 13.6. The van der Waals surface area contributed by atoms with E-state index in [-0.39, 0.29) is 5.54 Å². The Hall–Kier alpha value is -0.960. The fourth-order valence-electron chi connectivity index (χ4n) is 2.02. The van der Waals surface area contributed by atoms with Crippen molar-refractivity contribution in [2.45, 2.75) is 37.6 Å². The van der Waals surface area contributed by atoms with Crippen molar-refractivity contribution < 1.29 is 8.78 Å². The average Bonchev–Trinajstić information content (AvgIpc) is 2.84.